The van der Waals surface area contributed by atoms with E-state index in [-0.39, 0.29) is 5.91 Å². The third kappa shape index (κ3) is 3.14. The number of hydrogen-bond donors (Lipinski definition) is 1. The van der Waals surface area contributed by atoms with Crippen LogP contribution in [0.25, 0.3) is 34.1 Å². The van der Waals surface area contributed by atoms with Gasteiger partial charge >= 0.3 is 0 Å². The summed E-state index contributed by atoms with van der Waals surface area (Å²) in [5.41, 5.74) is 2.25. The number of halogens is 1. The number of benzene rings is 2. The molecule has 2 heterocycles. The molecule has 4 aromatic rings. The quantitative estimate of drug-likeness (QED) is 0.576. The largest absolute Gasteiger partial charge is 0.417 e. The molecule has 0 spiro atoms. The van der Waals surface area contributed by atoms with Crippen molar-refractivity contribution in [2.24, 2.45) is 0 Å². The Morgan fingerprint density at radius 3 is 2.38 bits per heavy atom. The highest BCUT2D eigenvalue weighted by molar-refractivity contribution is 6.30. The third-order valence-corrected chi connectivity index (χ3v) is 3.93. The molecule has 0 atom stereocenters. The predicted molar refractivity (Wildman–Crippen MR) is 99.8 cm³/mol. The molecule has 6 nitrogen and oxygen atoms in total. The van der Waals surface area contributed by atoms with Gasteiger partial charge in [-0.15, -0.1) is 0 Å². The van der Waals surface area contributed by atoms with Gasteiger partial charge in [-0.25, -0.2) is 9.97 Å². The van der Waals surface area contributed by atoms with Crippen LogP contribution in [0, 0.1) is 0 Å². The van der Waals surface area contributed by atoms with E-state index in [1.165, 1.54) is 6.92 Å². The topological polar surface area (TPSA) is 80.9 Å². The van der Waals surface area contributed by atoms with Crippen molar-refractivity contribution in [1.82, 2.24) is 15.0 Å². The number of carbonyl (C=O) groups excluding carboxylic acids is 1. The lowest BCUT2D eigenvalue weighted by atomic mass is 10.2. The molecule has 0 unspecified atom stereocenters. The molecule has 0 saturated carbocycles. The first-order valence-corrected chi connectivity index (χ1v) is 8.25. The summed E-state index contributed by atoms with van der Waals surface area (Å²) >= 11 is 5.93. The number of nitrogens with one attached hydrogen (secondary N) is 1. The Labute approximate surface area is 153 Å². The van der Waals surface area contributed by atoms with Crippen LogP contribution in [0.5, 0.6) is 0 Å². The molecule has 0 saturated heterocycles. The number of hydrogen-bond acceptors (Lipinski definition) is 5. The minimum absolute atomic E-state index is 0.250. The zero-order valence-corrected chi connectivity index (χ0v) is 14.5. The van der Waals surface area contributed by atoms with Gasteiger partial charge in [-0.3, -0.25) is 4.79 Å². The molecule has 26 heavy (non-hydrogen) atoms. The third-order valence-electron chi connectivity index (χ3n) is 3.68. The highest BCUT2D eigenvalue weighted by atomic mass is 35.5. The fourth-order valence-electron chi connectivity index (χ4n) is 2.51. The molecule has 2 aromatic carbocycles. The molecule has 0 aliphatic rings. The van der Waals surface area contributed by atoms with Gasteiger partial charge in [0.05, 0.1) is 0 Å². The van der Waals surface area contributed by atoms with Crippen LogP contribution in [0.15, 0.2) is 59.0 Å². The Balaban J connectivity index is 1.89. The lowest BCUT2D eigenvalue weighted by Gasteiger charge is -2.04. The summed E-state index contributed by atoms with van der Waals surface area (Å²) in [6, 6.07) is 16.6. The van der Waals surface area contributed by atoms with Crippen LogP contribution in [-0.2, 0) is 4.79 Å². The zero-order chi connectivity index (χ0) is 18.1. The number of amides is 1. The first-order chi connectivity index (χ1) is 12.6. The fourth-order valence-corrected chi connectivity index (χ4v) is 2.63. The maximum absolute atomic E-state index is 11.6. The average Bonchev–Trinajstić information content (AvgIpc) is 3.07. The van der Waals surface area contributed by atoms with E-state index in [1.807, 2.05) is 30.3 Å². The van der Waals surface area contributed by atoms with Crippen LogP contribution in [-0.4, -0.2) is 20.9 Å². The van der Waals surface area contributed by atoms with E-state index in [2.05, 4.69) is 20.3 Å². The molecule has 2 aromatic heterocycles. The number of fused-ring (bicyclic) bond motifs is 1. The molecule has 1 amide bonds. The van der Waals surface area contributed by atoms with Gasteiger partial charge in [-0.1, -0.05) is 41.9 Å². The van der Waals surface area contributed by atoms with Gasteiger partial charge in [0.15, 0.2) is 17.2 Å². The van der Waals surface area contributed by atoms with Crippen LogP contribution in [0.4, 0.5) is 5.82 Å². The first kappa shape index (κ1) is 16.2. The van der Waals surface area contributed by atoms with Crippen molar-refractivity contribution in [3.63, 3.8) is 0 Å². The van der Waals surface area contributed by atoms with Crippen LogP contribution in [0.2, 0.25) is 5.02 Å². The van der Waals surface area contributed by atoms with Gasteiger partial charge < -0.3 is 9.73 Å². The zero-order valence-electron chi connectivity index (χ0n) is 13.7. The second-order valence-electron chi connectivity index (χ2n) is 5.62. The molecule has 128 valence electrons. The minimum atomic E-state index is -0.250. The standard InChI is InChI=1S/C19H13ClN4O2/c1-11(25)21-17-15-19(24-16(23-17)12-5-3-2-4-6-12)26-18(22-15)13-7-9-14(20)10-8-13/h2-10H,1H3,(H,21,23,24,25). The molecule has 1 N–H and O–H groups in total. The van der Waals surface area contributed by atoms with Crippen molar-refractivity contribution in [3.05, 3.63) is 59.6 Å². The summed E-state index contributed by atoms with van der Waals surface area (Å²) in [5.74, 6) is 0.883. The van der Waals surface area contributed by atoms with Gasteiger partial charge in [-0.2, -0.15) is 4.98 Å². The number of rotatable bonds is 3. The number of oxazole rings is 1. The molecule has 0 bridgehead atoms. The van der Waals surface area contributed by atoms with Gasteiger partial charge in [0.25, 0.3) is 5.71 Å². The Kier molecular flexibility index (Phi) is 4.10. The summed E-state index contributed by atoms with van der Waals surface area (Å²) in [7, 11) is 0. The van der Waals surface area contributed by atoms with E-state index >= 15 is 0 Å². The van der Waals surface area contributed by atoms with Crippen molar-refractivity contribution >= 4 is 34.6 Å². The van der Waals surface area contributed by atoms with Gasteiger partial charge in [0, 0.05) is 23.1 Å². The highest BCUT2D eigenvalue weighted by Gasteiger charge is 2.17. The smallest absolute Gasteiger partial charge is 0.253 e. The Morgan fingerprint density at radius 1 is 0.962 bits per heavy atom. The maximum Gasteiger partial charge on any atom is 0.253 e. The van der Waals surface area contributed by atoms with E-state index in [4.69, 9.17) is 16.0 Å². The Morgan fingerprint density at radius 2 is 1.69 bits per heavy atom. The average molecular weight is 365 g/mol. The SMILES string of the molecule is CC(=O)Nc1nc(-c2ccccc2)nc2oc(-c3ccc(Cl)cc3)nc12. The summed E-state index contributed by atoms with van der Waals surface area (Å²) in [6.45, 7) is 1.41. The summed E-state index contributed by atoms with van der Waals surface area (Å²) in [4.78, 5) is 24.9. The van der Waals surface area contributed by atoms with E-state index in [0.717, 1.165) is 11.1 Å². The predicted octanol–water partition coefficient (Wildman–Crippen LogP) is 4.56. The number of carbonyl (C=O) groups is 1. The summed E-state index contributed by atoms with van der Waals surface area (Å²) in [5, 5.41) is 3.32. The number of nitrogens with zero attached hydrogens (tertiary/aromatic N) is 3. The van der Waals surface area contributed by atoms with Crippen LogP contribution < -0.4 is 5.32 Å². The molecular formula is C19H13ClN4O2. The lowest BCUT2D eigenvalue weighted by molar-refractivity contribution is -0.114. The van der Waals surface area contributed by atoms with Crippen molar-refractivity contribution in [3.8, 4) is 22.8 Å². The molecule has 0 aliphatic carbocycles. The van der Waals surface area contributed by atoms with Gasteiger partial charge in [0.1, 0.15) is 0 Å². The summed E-state index contributed by atoms with van der Waals surface area (Å²) in [6.07, 6.45) is 0. The van der Waals surface area contributed by atoms with Crippen LogP contribution in [0.3, 0.4) is 0 Å². The van der Waals surface area contributed by atoms with E-state index in [1.54, 1.807) is 24.3 Å². The van der Waals surface area contributed by atoms with Crippen molar-refractivity contribution < 1.29 is 9.21 Å². The van der Waals surface area contributed by atoms with Crippen molar-refractivity contribution in [1.29, 1.82) is 0 Å². The number of anilines is 1. The van der Waals surface area contributed by atoms with Gasteiger partial charge in [0.2, 0.25) is 11.8 Å². The van der Waals surface area contributed by atoms with Crippen molar-refractivity contribution in [2.75, 3.05) is 5.32 Å². The van der Waals surface area contributed by atoms with E-state index in [9.17, 15) is 4.79 Å². The van der Waals surface area contributed by atoms with Gasteiger partial charge in [-0.05, 0) is 24.3 Å². The molecule has 0 aliphatic heterocycles. The summed E-state index contributed by atoms with van der Waals surface area (Å²) < 4.78 is 5.82. The van der Waals surface area contributed by atoms with E-state index < -0.39 is 0 Å². The molecule has 0 fully saturated rings. The van der Waals surface area contributed by atoms with Crippen LogP contribution in [0.1, 0.15) is 6.92 Å². The van der Waals surface area contributed by atoms with Crippen LogP contribution >= 0.6 is 11.6 Å². The molecule has 4 rings (SSSR count). The second-order valence-corrected chi connectivity index (χ2v) is 6.06. The maximum atomic E-state index is 11.6. The lowest BCUT2D eigenvalue weighted by Crippen LogP contribution is -2.09. The van der Waals surface area contributed by atoms with E-state index in [0.29, 0.717) is 33.8 Å². The van der Waals surface area contributed by atoms with Crippen molar-refractivity contribution in [2.45, 2.75) is 6.92 Å². The number of aromatic nitrogens is 3. The normalized spacial score (nSPS) is 10.8. The fraction of sp³-hybridized carbons (Fsp3) is 0.0526. The molecular weight excluding hydrogens is 352 g/mol. The minimum Gasteiger partial charge on any atom is -0.417 e. The Bertz CT molecular complexity index is 1090. The monoisotopic (exact) mass is 364 g/mol. The molecule has 7 heteroatoms. The molecule has 0 radical (unpaired) electrons. The Hall–Kier alpha value is -3.25. The first-order valence-electron chi connectivity index (χ1n) is 7.88. The second kappa shape index (κ2) is 6.57. The highest BCUT2D eigenvalue weighted by Crippen LogP contribution is 2.29.